The van der Waals surface area contributed by atoms with Gasteiger partial charge in [0.15, 0.2) is 5.69 Å². The van der Waals surface area contributed by atoms with Gasteiger partial charge in [0, 0.05) is 11.9 Å². The summed E-state index contributed by atoms with van der Waals surface area (Å²) in [6.45, 7) is 1.80. The van der Waals surface area contributed by atoms with Gasteiger partial charge in [-0.2, -0.15) is 10.4 Å². The van der Waals surface area contributed by atoms with E-state index in [1.807, 2.05) is 0 Å². The zero-order valence-electron chi connectivity index (χ0n) is 12.4. The smallest absolute Gasteiger partial charge is 0.278 e. The van der Waals surface area contributed by atoms with E-state index in [4.69, 9.17) is 11.6 Å². The number of thiophene rings is 1. The number of rotatable bonds is 2. The summed E-state index contributed by atoms with van der Waals surface area (Å²) in [7, 11) is 1.74. The van der Waals surface area contributed by atoms with Crippen molar-refractivity contribution in [2.45, 2.75) is 32.6 Å². The number of nitriles is 1. The third kappa shape index (κ3) is 2.40. The molecule has 0 spiro atoms. The van der Waals surface area contributed by atoms with Crippen molar-refractivity contribution in [3.05, 3.63) is 32.4 Å². The van der Waals surface area contributed by atoms with Crippen LogP contribution in [-0.4, -0.2) is 15.7 Å². The molecule has 1 N–H and O–H groups in total. The van der Waals surface area contributed by atoms with Crippen LogP contribution in [0.25, 0.3) is 0 Å². The van der Waals surface area contributed by atoms with Gasteiger partial charge in [-0.1, -0.05) is 11.6 Å². The number of hydrogen-bond acceptors (Lipinski definition) is 4. The van der Waals surface area contributed by atoms with Crippen molar-refractivity contribution in [1.29, 1.82) is 5.26 Å². The Morgan fingerprint density at radius 2 is 2.18 bits per heavy atom. The molecular formula is C15H15ClN4OS. The standard InChI is InChI=1S/C15H15ClN4OS/c1-8-12(16)13(19-20(8)2)14(21)18-15-10(7-17)9-5-3-4-6-11(9)22-15/h3-6H2,1-2H3,(H,18,21). The molecule has 0 unspecified atom stereocenters. The Bertz CT molecular complexity index is 800. The first-order chi connectivity index (χ1) is 10.5. The van der Waals surface area contributed by atoms with E-state index in [1.165, 1.54) is 16.2 Å². The van der Waals surface area contributed by atoms with E-state index in [9.17, 15) is 10.1 Å². The van der Waals surface area contributed by atoms with Crippen LogP contribution < -0.4 is 5.32 Å². The molecule has 1 aliphatic rings. The van der Waals surface area contributed by atoms with E-state index in [1.54, 1.807) is 18.7 Å². The Kier molecular flexibility index (Phi) is 3.94. The van der Waals surface area contributed by atoms with Crippen LogP contribution in [-0.2, 0) is 19.9 Å². The highest BCUT2D eigenvalue weighted by Crippen LogP contribution is 2.38. The van der Waals surface area contributed by atoms with E-state index in [-0.39, 0.29) is 11.6 Å². The maximum Gasteiger partial charge on any atom is 0.278 e. The summed E-state index contributed by atoms with van der Waals surface area (Å²) in [6, 6.07) is 2.23. The largest absolute Gasteiger partial charge is 0.311 e. The molecule has 3 rings (SSSR count). The van der Waals surface area contributed by atoms with Crippen molar-refractivity contribution < 1.29 is 4.79 Å². The number of carbonyl (C=O) groups excluding carboxylic acids is 1. The topological polar surface area (TPSA) is 70.7 Å². The minimum atomic E-state index is -0.371. The summed E-state index contributed by atoms with van der Waals surface area (Å²) in [5.41, 5.74) is 2.61. The quantitative estimate of drug-likeness (QED) is 0.914. The second kappa shape index (κ2) is 5.75. The van der Waals surface area contributed by atoms with Crippen LogP contribution in [0.2, 0.25) is 5.02 Å². The highest BCUT2D eigenvalue weighted by Gasteiger charge is 2.24. The van der Waals surface area contributed by atoms with E-state index in [0.29, 0.717) is 15.6 Å². The molecule has 0 saturated heterocycles. The first kappa shape index (κ1) is 15.1. The Hall–Kier alpha value is -1.84. The average molecular weight is 335 g/mol. The van der Waals surface area contributed by atoms with Crippen LogP contribution in [0.15, 0.2) is 0 Å². The molecule has 0 atom stereocenters. The number of nitrogens with one attached hydrogen (secondary N) is 1. The van der Waals surface area contributed by atoms with E-state index in [2.05, 4.69) is 16.5 Å². The average Bonchev–Trinajstić information content (AvgIpc) is 2.99. The molecule has 0 aliphatic heterocycles. The molecule has 0 aromatic carbocycles. The molecule has 5 nitrogen and oxygen atoms in total. The van der Waals surface area contributed by atoms with Gasteiger partial charge in [-0.15, -0.1) is 11.3 Å². The Labute approximate surface area is 137 Å². The number of hydrogen-bond donors (Lipinski definition) is 1. The third-order valence-electron chi connectivity index (χ3n) is 3.99. The van der Waals surface area contributed by atoms with Gasteiger partial charge in [0.25, 0.3) is 5.91 Å². The normalized spacial score (nSPS) is 13.5. The Morgan fingerprint density at radius 1 is 1.45 bits per heavy atom. The van der Waals surface area contributed by atoms with Crippen molar-refractivity contribution >= 4 is 33.8 Å². The number of aryl methyl sites for hydroxylation is 2. The van der Waals surface area contributed by atoms with Crippen molar-refractivity contribution in [3.8, 4) is 6.07 Å². The maximum atomic E-state index is 12.4. The molecule has 1 aliphatic carbocycles. The predicted molar refractivity (Wildman–Crippen MR) is 86.6 cm³/mol. The maximum absolute atomic E-state index is 12.4. The summed E-state index contributed by atoms with van der Waals surface area (Å²) >= 11 is 7.64. The zero-order chi connectivity index (χ0) is 15.9. The van der Waals surface area contributed by atoms with Crippen LogP contribution in [0.1, 0.15) is 45.0 Å². The molecule has 22 heavy (non-hydrogen) atoms. The first-order valence-corrected chi connectivity index (χ1v) is 8.27. The molecule has 7 heteroatoms. The number of nitrogens with zero attached hydrogens (tertiary/aromatic N) is 3. The lowest BCUT2D eigenvalue weighted by atomic mass is 9.96. The summed E-state index contributed by atoms with van der Waals surface area (Å²) in [5, 5.41) is 17.3. The number of amides is 1. The number of halogens is 1. The molecule has 2 aromatic rings. The third-order valence-corrected chi connectivity index (χ3v) is 5.65. The van der Waals surface area contributed by atoms with E-state index >= 15 is 0 Å². The minimum absolute atomic E-state index is 0.192. The number of fused-ring (bicyclic) bond motifs is 1. The van der Waals surface area contributed by atoms with E-state index < -0.39 is 0 Å². The highest BCUT2D eigenvalue weighted by molar-refractivity contribution is 7.16. The lowest BCUT2D eigenvalue weighted by Crippen LogP contribution is -2.13. The van der Waals surface area contributed by atoms with Crippen molar-refractivity contribution in [2.75, 3.05) is 5.32 Å². The molecule has 114 valence electrons. The number of carbonyl (C=O) groups is 1. The van der Waals surface area contributed by atoms with Crippen molar-refractivity contribution in [1.82, 2.24) is 9.78 Å². The van der Waals surface area contributed by atoms with Crippen molar-refractivity contribution in [2.24, 2.45) is 7.05 Å². The molecule has 0 fully saturated rings. The van der Waals surface area contributed by atoms with Gasteiger partial charge in [-0.3, -0.25) is 9.48 Å². The first-order valence-electron chi connectivity index (χ1n) is 7.08. The predicted octanol–water partition coefficient (Wildman–Crippen LogP) is 3.45. The Morgan fingerprint density at radius 3 is 2.82 bits per heavy atom. The molecule has 0 radical (unpaired) electrons. The fourth-order valence-corrected chi connectivity index (χ4v) is 4.14. The molecule has 2 heterocycles. The monoisotopic (exact) mass is 334 g/mol. The van der Waals surface area contributed by atoms with Gasteiger partial charge in [0.1, 0.15) is 11.1 Å². The van der Waals surface area contributed by atoms with E-state index in [0.717, 1.165) is 36.9 Å². The van der Waals surface area contributed by atoms with Gasteiger partial charge in [-0.05, 0) is 38.2 Å². The number of anilines is 1. The van der Waals surface area contributed by atoms with Crippen LogP contribution in [0, 0.1) is 18.3 Å². The van der Waals surface area contributed by atoms with Gasteiger partial charge >= 0.3 is 0 Å². The molecule has 0 bridgehead atoms. The summed E-state index contributed by atoms with van der Waals surface area (Å²) < 4.78 is 1.57. The molecule has 1 amide bonds. The Balaban J connectivity index is 1.93. The lowest BCUT2D eigenvalue weighted by molar-refractivity contribution is 0.102. The summed E-state index contributed by atoms with van der Waals surface area (Å²) in [5.74, 6) is -0.371. The number of aromatic nitrogens is 2. The van der Waals surface area contributed by atoms with Crippen LogP contribution in [0.3, 0.4) is 0 Å². The molecular weight excluding hydrogens is 320 g/mol. The SMILES string of the molecule is Cc1c(Cl)c(C(=O)Nc2sc3c(c2C#N)CCCC3)nn1C. The van der Waals surface area contributed by atoms with Gasteiger partial charge in [0.2, 0.25) is 0 Å². The van der Waals surface area contributed by atoms with Gasteiger partial charge in [-0.25, -0.2) is 0 Å². The summed E-state index contributed by atoms with van der Waals surface area (Å²) in [4.78, 5) is 13.6. The zero-order valence-corrected chi connectivity index (χ0v) is 13.9. The minimum Gasteiger partial charge on any atom is -0.311 e. The second-order valence-corrected chi connectivity index (χ2v) is 6.84. The van der Waals surface area contributed by atoms with Crippen LogP contribution in [0.4, 0.5) is 5.00 Å². The lowest BCUT2D eigenvalue weighted by Gasteiger charge is -2.09. The fraction of sp³-hybridized carbons (Fsp3) is 0.400. The van der Waals surface area contributed by atoms with Gasteiger partial charge < -0.3 is 5.32 Å². The second-order valence-electron chi connectivity index (χ2n) is 5.35. The van der Waals surface area contributed by atoms with Gasteiger partial charge in [0.05, 0.1) is 16.3 Å². The van der Waals surface area contributed by atoms with Crippen LogP contribution >= 0.6 is 22.9 Å². The summed E-state index contributed by atoms with van der Waals surface area (Å²) in [6.07, 6.45) is 4.12. The van der Waals surface area contributed by atoms with Crippen molar-refractivity contribution in [3.63, 3.8) is 0 Å². The fourth-order valence-electron chi connectivity index (χ4n) is 2.66. The van der Waals surface area contributed by atoms with Crippen LogP contribution in [0.5, 0.6) is 0 Å². The molecule has 2 aromatic heterocycles. The highest BCUT2D eigenvalue weighted by atomic mass is 35.5. The molecule has 0 saturated carbocycles.